The second-order valence-electron chi connectivity index (χ2n) is 4.09. The predicted octanol–water partition coefficient (Wildman–Crippen LogP) is 2.36. The highest BCUT2D eigenvalue weighted by molar-refractivity contribution is 6.31. The van der Waals surface area contributed by atoms with Gasteiger partial charge in [-0.2, -0.15) is 0 Å². The molecule has 1 N–H and O–H groups in total. The highest BCUT2D eigenvalue weighted by Crippen LogP contribution is 2.31. The minimum atomic E-state index is -0.664. The van der Waals surface area contributed by atoms with E-state index >= 15 is 0 Å². The number of aliphatic hydroxyl groups excluding tert-OH is 1. The summed E-state index contributed by atoms with van der Waals surface area (Å²) in [4.78, 5) is 8.28. The second-order valence-corrected chi connectivity index (χ2v) is 4.52. The number of rotatable bonds is 5. The lowest BCUT2D eigenvalue weighted by atomic mass is 10.1. The molecule has 0 saturated carbocycles. The highest BCUT2D eigenvalue weighted by atomic mass is 35.5. The van der Waals surface area contributed by atoms with Crippen LogP contribution < -0.4 is 4.74 Å². The lowest BCUT2D eigenvalue weighted by molar-refractivity contribution is 0.144. The SMILES string of the molecule is COCCOc1ncnc2c(C(C)O)cc(Cl)cc12. The fourth-order valence-electron chi connectivity index (χ4n) is 1.79. The monoisotopic (exact) mass is 282 g/mol. The van der Waals surface area contributed by atoms with Gasteiger partial charge in [0.15, 0.2) is 0 Å². The second kappa shape index (κ2) is 6.14. The molecule has 2 aromatic rings. The minimum Gasteiger partial charge on any atom is -0.475 e. The number of hydrogen-bond acceptors (Lipinski definition) is 5. The maximum atomic E-state index is 9.77. The Balaban J connectivity index is 2.48. The normalized spacial score (nSPS) is 12.6. The molecule has 1 aromatic heterocycles. The van der Waals surface area contributed by atoms with Crippen molar-refractivity contribution in [2.75, 3.05) is 20.3 Å². The van der Waals surface area contributed by atoms with Crippen molar-refractivity contribution in [3.05, 3.63) is 29.0 Å². The number of fused-ring (bicyclic) bond motifs is 1. The van der Waals surface area contributed by atoms with Crippen LogP contribution in [0.3, 0.4) is 0 Å². The lowest BCUT2D eigenvalue weighted by Gasteiger charge is -2.12. The first-order chi connectivity index (χ1) is 9.13. The van der Waals surface area contributed by atoms with Crippen LogP contribution in [0.5, 0.6) is 5.88 Å². The number of halogens is 1. The quantitative estimate of drug-likeness (QED) is 0.853. The van der Waals surface area contributed by atoms with Crippen LogP contribution in [0, 0.1) is 0 Å². The van der Waals surface area contributed by atoms with Crippen LogP contribution in [0.15, 0.2) is 18.5 Å². The Morgan fingerprint density at radius 1 is 1.32 bits per heavy atom. The molecule has 6 heteroatoms. The number of nitrogens with zero attached hydrogens (tertiary/aromatic N) is 2. The zero-order valence-electron chi connectivity index (χ0n) is 10.8. The molecule has 5 nitrogen and oxygen atoms in total. The first kappa shape index (κ1) is 14.0. The first-order valence-electron chi connectivity index (χ1n) is 5.87. The van der Waals surface area contributed by atoms with Gasteiger partial charge in [0, 0.05) is 17.7 Å². The Morgan fingerprint density at radius 2 is 2.11 bits per heavy atom. The molecule has 1 heterocycles. The van der Waals surface area contributed by atoms with Crippen LogP contribution >= 0.6 is 11.6 Å². The molecule has 19 heavy (non-hydrogen) atoms. The molecule has 2 rings (SSSR count). The van der Waals surface area contributed by atoms with E-state index in [2.05, 4.69) is 9.97 Å². The van der Waals surface area contributed by atoms with Gasteiger partial charge in [0.05, 0.1) is 23.6 Å². The summed E-state index contributed by atoms with van der Waals surface area (Å²) >= 11 is 6.05. The lowest BCUT2D eigenvalue weighted by Crippen LogP contribution is -2.06. The van der Waals surface area contributed by atoms with Crippen LogP contribution in [0.25, 0.3) is 10.9 Å². The number of methoxy groups -OCH3 is 1. The highest BCUT2D eigenvalue weighted by Gasteiger charge is 2.13. The van der Waals surface area contributed by atoms with Gasteiger partial charge in [-0.25, -0.2) is 9.97 Å². The Hall–Kier alpha value is -1.43. The van der Waals surface area contributed by atoms with Gasteiger partial charge in [-0.3, -0.25) is 0 Å². The van der Waals surface area contributed by atoms with Crippen molar-refractivity contribution < 1.29 is 14.6 Å². The fourth-order valence-corrected chi connectivity index (χ4v) is 2.02. The van der Waals surface area contributed by atoms with Crippen LogP contribution in [-0.2, 0) is 4.74 Å². The standard InChI is InChI=1S/C13H15ClN2O3/c1-8(17)10-5-9(14)6-11-12(10)15-7-16-13(11)19-4-3-18-2/h5-8,17H,3-4H2,1-2H3. The van der Waals surface area contributed by atoms with Crippen molar-refractivity contribution >= 4 is 22.5 Å². The van der Waals surface area contributed by atoms with Crippen LogP contribution in [0.1, 0.15) is 18.6 Å². The third-order valence-electron chi connectivity index (χ3n) is 2.67. The van der Waals surface area contributed by atoms with E-state index < -0.39 is 6.10 Å². The van der Waals surface area contributed by atoms with Crippen molar-refractivity contribution in [2.45, 2.75) is 13.0 Å². The van der Waals surface area contributed by atoms with E-state index in [1.54, 1.807) is 26.2 Å². The predicted molar refractivity (Wildman–Crippen MR) is 72.6 cm³/mol. The Bertz CT molecular complexity index is 575. The van der Waals surface area contributed by atoms with Gasteiger partial charge in [-0.05, 0) is 19.1 Å². The smallest absolute Gasteiger partial charge is 0.224 e. The fraction of sp³-hybridized carbons (Fsp3) is 0.385. The molecule has 102 valence electrons. The van der Waals surface area contributed by atoms with Gasteiger partial charge in [0.2, 0.25) is 5.88 Å². The summed E-state index contributed by atoms with van der Waals surface area (Å²) in [7, 11) is 1.60. The van der Waals surface area contributed by atoms with Gasteiger partial charge in [-0.1, -0.05) is 11.6 Å². The van der Waals surface area contributed by atoms with Gasteiger partial charge in [0.1, 0.15) is 12.9 Å². The maximum Gasteiger partial charge on any atom is 0.224 e. The molecule has 0 fully saturated rings. The van der Waals surface area contributed by atoms with E-state index in [-0.39, 0.29) is 0 Å². The Morgan fingerprint density at radius 3 is 2.79 bits per heavy atom. The van der Waals surface area contributed by atoms with Gasteiger partial charge < -0.3 is 14.6 Å². The summed E-state index contributed by atoms with van der Waals surface area (Å²) in [6.07, 6.45) is 0.743. The molecule has 1 atom stereocenters. The molecule has 0 spiro atoms. The number of aliphatic hydroxyl groups is 1. The van der Waals surface area contributed by atoms with Gasteiger partial charge in [0.25, 0.3) is 0 Å². The number of aromatic nitrogens is 2. The third-order valence-corrected chi connectivity index (χ3v) is 2.89. The summed E-state index contributed by atoms with van der Waals surface area (Å²) in [6, 6.07) is 3.42. The third kappa shape index (κ3) is 3.12. The van der Waals surface area contributed by atoms with E-state index in [9.17, 15) is 5.11 Å². The molecular weight excluding hydrogens is 268 g/mol. The summed E-state index contributed by atoms with van der Waals surface area (Å²) in [6.45, 7) is 2.52. The number of ether oxygens (including phenoxy) is 2. The molecule has 1 unspecified atom stereocenters. The van der Waals surface area contributed by atoms with Crippen LogP contribution in [0.4, 0.5) is 0 Å². The summed E-state index contributed by atoms with van der Waals surface area (Å²) in [5.41, 5.74) is 1.29. The average molecular weight is 283 g/mol. The molecule has 0 saturated heterocycles. The molecule has 0 aliphatic rings. The first-order valence-corrected chi connectivity index (χ1v) is 6.25. The molecule has 0 aliphatic carbocycles. The largest absolute Gasteiger partial charge is 0.475 e. The number of benzene rings is 1. The molecule has 0 aliphatic heterocycles. The van der Waals surface area contributed by atoms with E-state index in [0.29, 0.717) is 40.6 Å². The van der Waals surface area contributed by atoms with Crippen molar-refractivity contribution in [1.29, 1.82) is 0 Å². The van der Waals surface area contributed by atoms with E-state index in [0.717, 1.165) is 0 Å². The van der Waals surface area contributed by atoms with Crippen molar-refractivity contribution in [2.24, 2.45) is 0 Å². The summed E-state index contributed by atoms with van der Waals surface area (Å²) < 4.78 is 10.5. The molecule has 1 aromatic carbocycles. The summed E-state index contributed by atoms with van der Waals surface area (Å²) in [5, 5.41) is 11.0. The van der Waals surface area contributed by atoms with E-state index in [1.165, 1.54) is 6.33 Å². The molecule has 0 amide bonds. The van der Waals surface area contributed by atoms with Crippen LogP contribution in [-0.4, -0.2) is 35.4 Å². The van der Waals surface area contributed by atoms with Gasteiger partial charge in [-0.15, -0.1) is 0 Å². The summed E-state index contributed by atoms with van der Waals surface area (Å²) in [5.74, 6) is 0.437. The zero-order valence-corrected chi connectivity index (χ0v) is 11.5. The molecule has 0 radical (unpaired) electrons. The number of hydrogen-bond donors (Lipinski definition) is 1. The van der Waals surface area contributed by atoms with Crippen LogP contribution in [0.2, 0.25) is 5.02 Å². The average Bonchev–Trinajstić information content (AvgIpc) is 2.38. The van der Waals surface area contributed by atoms with Crippen molar-refractivity contribution in [1.82, 2.24) is 9.97 Å². The molecule has 0 bridgehead atoms. The zero-order chi connectivity index (χ0) is 13.8. The Kier molecular flexibility index (Phi) is 4.52. The molecular formula is C13H15ClN2O3. The Labute approximate surface area is 116 Å². The van der Waals surface area contributed by atoms with E-state index in [1.807, 2.05) is 0 Å². The maximum absolute atomic E-state index is 9.77. The van der Waals surface area contributed by atoms with Gasteiger partial charge >= 0.3 is 0 Å². The van der Waals surface area contributed by atoms with Crippen molar-refractivity contribution in [3.63, 3.8) is 0 Å². The van der Waals surface area contributed by atoms with Crippen molar-refractivity contribution in [3.8, 4) is 5.88 Å². The van der Waals surface area contributed by atoms with E-state index in [4.69, 9.17) is 21.1 Å². The minimum absolute atomic E-state index is 0.388. The topological polar surface area (TPSA) is 64.5 Å².